The van der Waals surface area contributed by atoms with Crippen LogP contribution >= 0.6 is 22.6 Å². The maximum atomic E-state index is 12.4. The van der Waals surface area contributed by atoms with Crippen LogP contribution in [-0.2, 0) is 6.42 Å². The van der Waals surface area contributed by atoms with Crippen LogP contribution in [0.4, 0.5) is 5.69 Å². The van der Waals surface area contributed by atoms with Gasteiger partial charge in [-0.3, -0.25) is 4.79 Å². The number of amides is 1. The van der Waals surface area contributed by atoms with Gasteiger partial charge in [0.1, 0.15) is 5.75 Å². The Kier molecular flexibility index (Phi) is 6.06. The normalized spacial score (nSPS) is 10.3. The van der Waals surface area contributed by atoms with Gasteiger partial charge in [0, 0.05) is 21.2 Å². The molecule has 126 valence electrons. The van der Waals surface area contributed by atoms with Gasteiger partial charge < -0.3 is 10.1 Å². The fourth-order valence-corrected chi connectivity index (χ4v) is 2.75. The summed E-state index contributed by atoms with van der Waals surface area (Å²) in [5.41, 5.74) is 2.59. The third-order valence-corrected chi connectivity index (χ3v) is 4.42. The van der Waals surface area contributed by atoms with Crippen LogP contribution in [0, 0.1) is 3.57 Å². The van der Waals surface area contributed by atoms with Gasteiger partial charge in [0.05, 0.1) is 6.61 Å². The Morgan fingerprint density at radius 2 is 1.68 bits per heavy atom. The smallest absolute Gasteiger partial charge is 0.255 e. The first-order valence-corrected chi connectivity index (χ1v) is 9.12. The molecule has 4 heteroatoms. The lowest BCUT2D eigenvalue weighted by Gasteiger charge is -2.09. The highest BCUT2D eigenvalue weighted by atomic mass is 127. The van der Waals surface area contributed by atoms with Crippen LogP contribution in [-0.4, -0.2) is 12.5 Å². The minimum Gasteiger partial charge on any atom is -0.493 e. The molecular formula is C21H18INO2. The quantitative estimate of drug-likeness (QED) is 0.535. The van der Waals surface area contributed by atoms with Crippen molar-refractivity contribution in [3.8, 4) is 5.75 Å². The van der Waals surface area contributed by atoms with Crippen molar-refractivity contribution in [1.29, 1.82) is 0 Å². The van der Waals surface area contributed by atoms with E-state index in [-0.39, 0.29) is 5.91 Å². The van der Waals surface area contributed by atoms with E-state index < -0.39 is 0 Å². The van der Waals surface area contributed by atoms with E-state index in [0.717, 1.165) is 15.7 Å². The average molecular weight is 443 g/mol. The molecule has 0 saturated carbocycles. The van der Waals surface area contributed by atoms with Gasteiger partial charge in [0.25, 0.3) is 5.91 Å². The van der Waals surface area contributed by atoms with Crippen LogP contribution in [0.2, 0.25) is 0 Å². The van der Waals surface area contributed by atoms with Gasteiger partial charge in [0.2, 0.25) is 0 Å². The molecule has 0 unspecified atom stereocenters. The number of rotatable bonds is 6. The number of hydrogen-bond donors (Lipinski definition) is 1. The number of nitrogens with one attached hydrogen (secondary N) is 1. The van der Waals surface area contributed by atoms with Crippen LogP contribution in [0.1, 0.15) is 15.9 Å². The largest absolute Gasteiger partial charge is 0.493 e. The van der Waals surface area contributed by atoms with E-state index in [1.54, 1.807) is 12.1 Å². The summed E-state index contributed by atoms with van der Waals surface area (Å²) in [6, 6.07) is 25.1. The number of carbonyl (C=O) groups is 1. The van der Waals surface area contributed by atoms with Gasteiger partial charge in [-0.05, 0) is 70.6 Å². The van der Waals surface area contributed by atoms with Crippen molar-refractivity contribution in [3.05, 3.63) is 93.6 Å². The van der Waals surface area contributed by atoms with E-state index >= 15 is 0 Å². The maximum Gasteiger partial charge on any atom is 0.255 e. The molecule has 3 aromatic carbocycles. The lowest BCUT2D eigenvalue weighted by Crippen LogP contribution is -2.12. The zero-order chi connectivity index (χ0) is 17.5. The van der Waals surface area contributed by atoms with E-state index in [1.165, 1.54) is 5.56 Å². The molecule has 0 aromatic heterocycles. The second kappa shape index (κ2) is 8.67. The molecule has 0 aliphatic carbocycles. The number of ether oxygens (including phenoxy) is 1. The van der Waals surface area contributed by atoms with Gasteiger partial charge in [-0.15, -0.1) is 0 Å². The number of halogens is 1. The molecule has 0 bridgehead atoms. The van der Waals surface area contributed by atoms with Gasteiger partial charge in [-0.2, -0.15) is 0 Å². The fourth-order valence-electron chi connectivity index (χ4n) is 2.40. The zero-order valence-corrected chi connectivity index (χ0v) is 15.8. The van der Waals surface area contributed by atoms with E-state index in [4.69, 9.17) is 4.74 Å². The summed E-state index contributed by atoms with van der Waals surface area (Å²) in [4.78, 5) is 12.4. The molecule has 25 heavy (non-hydrogen) atoms. The summed E-state index contributed by atoms with van der Waals surface area (Å²) in [5, 5.41) is 2.90. The van der Waals surface area contributed by atoms with Gasteiger partial charge in [0.15, 0.2) is 0 Å². The zero-order valence-electron chi connectivity index (χ0n) is 13.6. The predicted molar refractivity (Wildman–Crippen MR) is 109 cm³/mol. The lowest BCUT2D eigenvalue weighted by atomic mass is 10.1. The van der Waals surface area contributed by atoms with Crippen LogP contribution < -0.4 is 10.1 Å². The van der Waals surface area contributed by atoms with E-state index in [0.29, 0.717) is 17.9 Å². The minimum absolute atomic E-state index is 0.144. The first-order chi connectivity index (χ1) is 12.2. The van der Waals surface area contributed by atoms with Crippen LogP contribution in [0.15, 0.2) is 78.9 Å². The second-order valence-electron chi connectivity index (χ2n) is 5.57. The van der Waals surface area contributed by atoms with Crippen molar-refractivity contribution in [3.63, 3.8) is 0 Å². The molecule has 3 rings (SSSR count). The topological polar surface area (TPSA) is 38.3 Å². The molecule has 0 aliphatic rings. The standard InChI is InChI=1S/C21H18INO2/c22-18-9-11-19(12-10-18)23-21(24)17-7-4-8-20(15-17)25-14-13-16-5-2-1-3-6-16/h1-12,15H,13-14H2,(H,23,24). The number of carbonyl (C=O) groups excluding carboxylic acids is 1. The predicted octanol–water partition coefficient (Wildman–Crippen LogP) is 5.17. The Bertz CT molecular complexity index is 832. The van der Waals surface area contributed by atoms with Crippen molar-refractivity contribution in [2.24, 2.45) is 0 Å². The highest BCUT2D eigenvalue weighted by molar-refractivity contribution is 14.1. The molecule has 0 aliphatic heterocycles. The SMILES string of the molecule is O=C(Nc1ccc(I)cc1)c1cccc(OCCc2ccccc2)c1. The molecular weight excluding hydrogens is 425 g/mol. The molecule has 0 radical (unpaired) electrons. The summed E-state index contributed by atoms with van der Waals surface area (Å²) < 4.78 is 6.91. The molecule has 0 atom stereocenters. The highest BCUT2D eigenvalue weighted by Crippen LogP contribution is 2.17. The van der Waals surface area contributed by atoms with Gasteiger partial charge in [-0.1, -0.05) is 36.4 Å². The van der Waals surface area contributed by atoms with Crippen LogP contribution in [0.25, 0.3) is 0 Å². The molecule has 0 saturated heterocycles. The Morgan fingerprint density at radius 1 is 0.920 bits per heavy atom. The average Bonchev–Trinajstić information content (AvgIpc) is 2.65. The third kappa shape index (κ3) is 5.32. The molecule has 0 heterocycles. The van der Waals surface area contributed by atoms with Crippen molar-refractivity contribution >= 4 is 34.2 Å². The summed E-state index contributed by atoms with van der Waals surface area (Å²) in [7, 11) is 0. The van der Waals surface area contributed by atoms with E-state index in [2.05, 4.69) is 40.0 Å². The van der Waals surface area contributed by atoms with Gasteiger partial charge >= 0.3 is 0 Å². The van der Waals surface area contributed by atoms with Crippen LogP contribution in [0.5, 0.6) is 5.75 Å². The van der Waals surface area contributed by atoms with Gasteiger partial charge in [-0.25, -0.2) is 0 Å². The van der Waals surface area contributed by atoms with Crippen molar-refractivity contribution < 1.29 is 9.53 Å². The fraction of sp³-hybridized carbons (Fsp3) is 0.0952. The number of anilines is 1. The number of benzene rings is 3. The highest BCUT2D eigenvalue weighted by Gasteiger charge is 2.07. The summed E-state index contributed by atoms with van der Waals surface area (Å²) >= 11 is 2.23. The summed E-state index contributed by atoms with van der Waals surface area (Å²) in [6.07, 6.45) is 0.833. The molecule has 3 nitrogen and oxygen atoms in total. The monoisotopic (exact) mass is 443 g/mol. The summed E-state index contributed by atoms with van der Waals surface area (Å²) in [6.45, 7) is 0.576. The molecule has 1 amide bonds. The van der Waals surface area contributed by atoms with Crippen molar-refractivity contribution in [2.45, 2.75) is 6.42 Å². The number of hydrogen-bond acceptors (Lipinski definition) is 2. The Labute approximate surface area is 161 Å². The maximum absolute atomic E-state index is 12.4. The molecule has 3 aromatic rings. The van der Waals surface area contributed by atoms with E-state index in [1.807, 2.05) is 54.6 Å². The Morgan fingerprint density at radius 3 is 2.44 bits per heavy atom. The Balaban J connectivity index is 1.58. The molecule has 0 spiro atoms. The second-order valence-corrected chi connectivity index (χ2v) is 6.82. The summed E-state index contributed by atoms with van der Waals surface area (Å²) in [5.74, 6) is 0.556. The van der Waals surface area contributed by atoms with Crippen molar-refractivity contribution in [1.82, 2.24) is 0 Å². The lowest BCUT2D eigenvalue weighted by molar-refractivity contribution is 0.102. The third-order valence-electron chi connectivity index (χ3n) is 3.70. The van der Waals surface area contributed by atoms with Crippen LogP contribution in [0.3, 0.4) is 0 Å². The first-order valence-electron chi connectivity index (χ1n) is 8.04. The first kappa shape index (κ1) is 17.5. The van der Waals surface area contributed by atoms with Crippen molar-refractivity contribution in [2.75, 3.05) is 11.9 Å². The molecule has 0 fully saturated rings. The van der Waals surface area contributed by atoms with E-state index in [9.17, 15) is 4.79 Å². The Hall–Kier alpha value is -2.34. The molecule has 1 N–H and O–H groups in total. The minimum atomic E-state index is -0.144.